The Kier molecular flexibility index (Phi) is 6.51. The zero-order valence-corrected chi connectivity index (χ0v) is 17.8. The molecule has 1 saturated heterocycles. The van der Waals surface area contributed by atoms with Crippen molar-refractivity contribution in [2.75, 3.05) is 19.3 Å². The molecule has 1 aliphatic heterocycles. The minimum Gasteiger partial charge on any atom is -0.467 e. The molecule has 0 bridgehead atoms. The van der Waals surface area contributed by atoms with Crippen molar-refractivity contribution in [3.63, 3.8) is 0 Å². The predicted octanol–water partition coefficient (Wildman–Crippen LogP) is 3.37. The molecule has 5 nitrogen and oxygen atoms in total. The topological polar surface area (TPSA) is 62.6 Å². The van der Waals surface area contributed by atoms with Crippen LogP contribution in [-0.4, -0.2) is 36.1 Å². The van der Waals surface area contributed by atoms with E-state index in [9.17, 15) is 9.36 Å². The number of hydrogen-bond donors (Lipinski definition) is 1. The first-order valence-electron chi connectivity index (χ1n) is 10.4. The van der Waals surface area contributed by atoms with Crippen molar-refractivity contribution in [2.24, 2.45) is 0 Å². The number of nitrogens with zero attached hydrogens (tertiary/aromatic N) is 1. The maximum absolute atomic E-state index is 14.2. The Hall–Kier alpha value is -2.62. The van der Waals surface area contributed by atoms with E-state index >= 15 is 0 Å². The molecule has 4 rings (SSSR count). The summed E-state index contributed by atoms with van der Waals surface area (Å²) in [6.07, 6.45) is 3.92. The van der Waals surface area contributed by atoms with Gasteiger partial charge in [-0.25, -0.2) is 0 Å². The summed E-state index contributed by atoms with van der Waals surface area (Å²) in [7, 11) is -2.78. The van der Waals surface area contributed by atoms with Gasteiger partial charge in [-0.2, -0.15) is 0 Å². The summed E-state index contributed by atoms with van der Waals surface area (Å²) in [5, 5.41) is 4.71. The fraction of sp³-hybridized carbons (Fsp3) is 0.292. The molecule has 6 heteroatoms. The number of rotatable bonds is 8. The number of likely N-dealkylation sites (tertiary alicyclic amines) is 1. The first-order valence-corrected chi connectivity index (χ1v) is 12.3. The Morgan fingerprint density at radius 1 is 1.00 bits per heavy atom. The second kappa shape index (κ2) is 9.46. The lowest BCUT2D eigenvalue weighted by Crippen LogP contribution is -2.44. The lowest BCUT2D eigenvalue weighted by atomic mass is 10.2. The van der Waals surface area contributed by atoms with Gasteiger partial charge in [-0.3, -0.25) is 9.69 Å². The molecule has 0 saturated carbocycles. The van der Waals surface area contributed by atoms with Gasteiger partial charge in [0.2, 0.25) is 5.91 Å². The van der Waals surface area contributed by atoms with Gasteiger partial charge in [0.05, 0.1) is 18.8 Å². The molecule has 2 aromatic carbocycles. The summed E-state index contributed by atoms with van der Waals surface area (Å²) < 4.78 is 19.5. The lowest BCUT2D eigenvalue weighted by molar-refractivity contribution is -0.125. The van der Waals surface area contributed by atoms with Gasteiger partial charge in [0, 0.05) is 23.3 Å². The smallest absolute Gasteiger partial charge is 0.237 e. The summed E-state index contributed by atoms with van der Waals surface area (Å²) in [6, 6.07) is 22.9. The van der Waals surface area contributed by atoms with Gasteiger partial charge in [-0.1, -0.05) is 60.7 Å². The van der Waals surface area contributed by atoms with Gasteiger partial charge in [-0.05, 0) is 31.5 Å². The van der Waals surface area contributed by atoms with Crippen LogP contribution in [0.4, 0.5) is 0 Å². The molecule has 1 amide bonds. The molecular weight excluding hydrogens is 395 g/mol. The molecule has 156 valence electrons. The Balaban J connectivity index is 1.46. The van der Waals surface area contributed by atoms with E-state index in [1.807, 2.05) is 72.8 Å². The number of carbonyl (C=O) groups is 1. The highest BCUT2D eigenvalue weighted by Gasteiger charge is 2.34. The van der Waals surface area contributed by atoms with Crippen LogP contribution in [0, 0.1) is 0 Å². The van der Waals surface area contributed by atoms with E-state index in [0.29, 0.717) is 19.3 Å². The van der Waals surface area contributed by atoms with Crippen molar-refractivity contribution in [1.29, 1.82) is 0 Å². The van der Waals surface area contributed by atoms with Crippen molar-refractivity contribution in [3.05, 3.63) is 84.8 Å². The average Bonchev–Trinajstić information content (AvgIpc) is 3.49. The summed E-state index contributed by atoms with van der Waals surface area (Å²) >= 11 is 0. The SMILES string of the molecule is O=C(NCc1ccco1)[C@H]1CCCN1CCP(=O)(c1ccccc1)c1ccccc1. The molecule has 0 aliphatic carbocycles. The van der Waals surface area contributed by atoms with E-state index in [0.717, 1.165) is 35.8 Å². The Bertz CT molecular complexity index is 946. The Morgan fingerprint density at radius 3 is 2.27 bits per heavy atom. The molecule has 1 aliphatic rings. The van der Waals surface area contributed by atoms with Crippen molar-refractivity contribution >= 4 is 23.7 Å². The summed E-state index contributed by atoms with van der Waals surface area (Å²) in [6.45, 7) is 1.87. The van der Waals surface area contributed by atoms with Crippen molar-refractivity contribution in [3.8, 4) is 0 Å². The van der Waals surface area contributed by atoms with Gasteiger partial charge in [0.1, 0.15) is 12.9 Å². The quantitative estimate of drug-likeness (QED) is 0.566. The number of benzene rings is 2. The van der Waals surface area contributed by atoms with Crippen LogP contribution in [0.1, 0.15) is 18.6 Å². The molecule has 0 spiro atoms. The van der Waals surface area contributed by atoms with Crippen LogP contribution in [0.3, 0.4) is 0 Å². The van der Waals surface area contributed by atoms with Crippen LogP contribution in [0.5, 0.6) is 0 Å². The summed E-state index contributed by atoms with van der Waals surface area (Å²) in [5.74, 6) is 0.753. The van der Waals surface area contributed by atoms with Gasteiger partial charge < -0.3 is 14.3 Å². The second-order valence-electron chi connectivity index (χ2n) is 7.63. The van der Waals surface area contributed by atoms with Crippen LogP contribution < -0.4 is 15.9 Å². The van der Waals surface area contributed by atoms with Crippen LogP contribution in [-0.2, 0) is 15.9 Å². The highest BCUT2D eigenvalue weighted by Crippen LogP contribution is 2.43. The minimum atomic E-state index is -2.78. The number of amides is 1. The molecule has 3 aromatic rings. The van der Waals surface area contributed by atoms with E-state index in [4.69, 9.17) is 4.42 Å². The van der Waals surface area contributed by atoms with Gasteiger partial charge in [0.15, 0.2) is 0 Å². The van der Waals surface area contributed by atoms with Gasteiger partial charge in [0.25, 0.3) is 0 Å². The number of carbonyl (C=O) groups excluding carboxylic acids is 1. The maximum Gasteiger partial charge on any atom is 0.237 e. The van der Waals surface area contributed by atoms with E-state index in [2.05, 4.69) is 10.2 Å². The standard InChI is InChI=1S/C24H27N2O3P/c27-24(25-19-20-9-8-17-29-20)23-14-7-15-26(23)16-18-30(28,21-10-3-1-4-11-21)22-12-5-2-6-13-22/h1-6,8-13,17,23H,7,14-16,18-19H2,(H,25,27)/t23-/m1/s1. The summed E-state index contributed by atoms with van der Waals surface area (Å²) in [4.78, 5) is 14.9. The number of furan rings is 1. The Morgan fingerprint density at radius 2 is 1.67 bits per heavy atom. The van der Waals surface area contributed by atoms with Gasteiger partial charge >= 0.3 is 0 Å². The lowest BCUT2D eigenvalue weighted by Gasteiger charge is -2.27. The predicted molar refractivity (Wildman–Crippen MR) is 120 cm³/mol. The maximum atomic E-state index is 14.2. The highest BCUT2D eigenvalue weighted by atomic mass is 31.2. The number of hydrogen-bond acceptors (Lipinski definition) is 4. The monoisotopic (exact) mass is 422 g/mol. The molecule has 1 aromatic heterocycles. The largest absolute Gasteiger partial charge is 0.467 e. The van der Waals surface area contributed by atoms with Crippen LogP contribution >= 0.6 is 7.14 Å². The number of nitrogens with one attached hydrogen (secondary N) is 1. The molecule has 1 fully saturated rings. The third-order valence-electron chi connectivity index (χ3n) is 5.73. The fourth-order valence-electron chi connectivity index (χ4n) is 4.11. The van der Waals surface area contributed by atoms with Crippen molar-refractivity contribution in [2.45, 2.75) is 25.4 Å². The highest BCUT2D eigenvalue weighted by molar-refractivity contribution is 7.78. The van der Waals surface area contributed by atoms with Crippen LogP contribution in [0.25, 0.3) is 0 Å². The minimum absolute atomic E-state index is 0.0122. The third-order valence-corrected chi connectivity index (χ3v) is 8.83. The molecule has 0 radical (unpaired) electrons. The van der Waals surface area contributed by atoms with E-state index in [1.54, 1.807) is 6.26 Å². The van der Waals surface area contributed by atoms with Gasteiger partial charge in [-0.15, -0.1) is 0 Å². The fourth-order valence-corrected chi connectivity index (χ4v) is 6.77. The van der Waals surface area contributed by atoms with E-state index < -0.39 is 7.14 Å². The van der Waals surface area contributed by atoms with Crippen LogP contribution in [0.2, 0.25) is 0 Å². The molecule has 0 unspecified atom stereocenters. The van der Waals surface area contributed by atoms with Crippen molar-refractivity contribution in [1.82, 2.24) is 10.2 Å². The normalized spacial score (nSPS) is 17.1. The molecule has 1 atom stereocenters. The second-order valence-corrected chi connectivity index (χ2v) is 10.6. The summed E-state index contributed by atoms with van der Waals surface area (Å²) in [5.41, 5.74) is 0. The zero-order chi connectivity index (χ0) is 20.8. The van der Waals surface area contributed by atoms with Crippen LogP contribution in [0.15, 0.2) is 83.5 Å². The molecule has 1 N–H and O–H groups in total. The molecular formula is C24H27N2O3P. The van der Waals surface area contributed by atoms with E-state index in [-0.39, 0.29) is 11.9 Å². The molecule has 30 heavy (non-hydrogen) atoms. The van der Waals surface area contributed by atoms with Crippen molar-refractivity contribution < 1.29 is 13.8 Å². The third kappa shape index (κ3) is 4.58. The first-order chi connectivity index (χ1) is 14.7. The Labute approximate surface area is 177 Å². The van der Waals surface area contributed by atoms with E-state index in [1.165, 1.54) is 0 Å². The molecule has 2 heterocycles. The first kappa shape index (κ1) is 20.6. The average molecular weight is 422 g/mol. The zero-order valence-electron chi connectivity index (χ0n) is 16.9.